The number of benzene rings is 2. The molecule has 2 aromatic carbocycles. The van der Waals surface area contributed by atoms with Gasteiger partial charge >= 0.3 is 0 Å². The van der Waals surface area contributed by atoms with Crippen molar-refractivity contribution in [3.8, 4) is 17.2 Å². The van der Waals surface area contributed by atoms with Gasteiger partial charge in [0.1, 0.15) is 6.61 Å². The smallest absolute Gasteiger partial charge is 0.284 e. The molecule has 0 bridgehead atoms. The van der Waals surface area contributed by atoms with Crippen molar-refractivity contribution < 1.29 is 19.2 Å². The van der Waals surface area contributed by atoms with Gasteiger partial charge in [-0.25, -0.2) is 5.43 Å². The molecule has 0 aliphatic carbocycles. The monoisotopic (exact) mass is 392 g/mol. The summed E-state index contributed by atoms with van der Waals surface area (Å²) >= 11 is 0. The normalized spacial score (nSPS) is 15.2. The molecule has 1 aliphatic heterocycles. The molecule has 2 heterocycles. The second-order valence-electron chi connectivity index (χ2n) is 6.18. The maximum absolute atomic E-state index is 12.3. The molecular formula is C20H16N4O5. The van der Waals surface area contributed by atoms with Gasteiger partial charge in [-0.1, -0.05) is 12.1 Å². The molecule has 1 atom stereocenters. The van der Waals surface area contributed by atoms with Crippen molar-refractivity contribution in [1.29, 1.82) is 0 Å². The summed E-state index contributed by atoms with van der Waals surface area (Å²) < 4.78 is 12.9. The van der Waals surface area contributed by atoms with Crippen LogP contribution in [0.2, 0.25) is 0 Å². The van der Waals surface area contributed by atoms with E-state index in [0.717, 1.165) is 5.69 Å². The Balaban J connectivity index is 1.41. The maximum atomic E-state index is 12.3. The Morgan fingerprint density at radius 2 is 1.90 bits per heavy atom. The van der Waals surface area contributed by atoms with Gasteiger partial charge < -0.3 is 14.0 Å². The van der Waals surface area contributed by atoms with Crippen molar-refractivity contribution in [3.63, 3.8) is 0 Å². The van der Waals surface area contributed by atoms with Crippen LogP contribution in [0, 0.1) is 10.1 Å². The lowest BCUT2D eigenvalue weighted by Crippen LogP contribution is -2.42. The number of nitrogens with zero attached hydrogens (tertiary/aromatic N) is 3. The fourth-order valence-electron chi connectivity index (χ4n) is 2.85. The summed E-state index contributed by atoms with van der Waals surface area (Å²) in [6.07, 6.45) is 2.47. The first-order valence-electron chi connectivity index (χ1n) is 8.75. The molecule has 4 rings (SSSR count). The fourth-order valence-corrected chi connectivity index (χ4v) is 2.85. The summed E-state index contributed by atoms with van der Waals surface area (Å²) in [7, 11) is 0. The van der Waals surface area contributed by atoms with Gasteiger partial charge in [0.15, 0.2) is 11.5 Å². The minimum Gasteiger partial charge on any atom is -0.485 e. The molecule has 146 valence electrons. The number of fused-ring (bicyclic) bond motifs is 1. The van der Waals surface area contributed by atoms with Crippen molar-refractivity contribution >= 4 is 17.8 Å². The second kappa shape index (κ2) is 7.85. The first-order valence-corrected chi connectivity index (χ1v) is 8.75. The van der Waals surface area contributed by atoms with E-state index in [1.165, 1.54) is 18.3 Å². The molecule has 29 heavy (non-hydrogen) atoms. The first-order chi connectivity index (χ1) is 14.1. The number of rotatable bonds is 5. The van der Waals surface area contributed by atoms with Gasteiger partial charge in [0.05, 0.1) is 16.8 Å². The fraction of sp³-hybridized carbons (Fsp3) is 0.100. The molecule has 0 saturated heterocycles. The number of carbonyl (C=O) groups is 1. The molecular weight excluding hydrogens is 376 g/mol. The van der Waals surface area contributed by atoms with Gasteiger partial charge in [0, 0.05) is 24.0 Å². The van der Waals surface area contributed by atoms with Crippen LogP contribution >= 0.6 is 0 Å². The van der Waals surface area contributed by atoms with Gasteiger partial charge in [-0.15, -0.1) is 0 Å². The Labute approximate surface area is 165 Å². The summed E-state index contributed by atoms with van der Waals surface area (Å²) in [5.41, 5.74) is 3.88. The van der Waals surface area contributed by atoms with E-state index in [-0.39, 0.29) is 12.3 Å². The predicted molar refractivity (Wildman–Crippen MR) is 105 cm³/mol. The molecule has 3 aromatic rings. The van der Waals surface area contributed by atoms with Crippen LogP contribution in [0.1, 0.15) is 5.69 Å². The zero-order valence-corrected chi connectivity index (χ0v) is 15.1. The van der Waals surface area contributed by atoms with E-state index in [1.54, 1.807) is 53.2 Å². The molecule has 0 radical (unpaired) electrons. The quantitative estimate of drug-likeness (QED) is 0.408. The number of carbonyl (C=O) groups excluding carboxylic acids is 1. The number of para-hydroxylation sites is 2. The number of nitro groups is 1. The topological polar surface area (TPSA) is 108 Å². The summed E-state index contributed by atoms with van der Waals surface area (Å²) in [5, 5.41) is 14.8. The number of hydrazone groups is 1. The highest BCUT2D eigenvalue weighted by molar-refractivity contribution is 5.84. The average Bonchev–Trinajstić information content (AvgIpc) is 3.22. The van der Waals surface area contributed by atoms with Crippen LogP contribution in [-0.4, -0.2) is 34.3 Å². The van der Waals surface area contributed by atoms with Crippen LogP contribution in [-0.2, 0) is 4.79 Å². The van der Waals surface area contributed by atoms with Crippen LogP contribution in [0.25, 0.3) is 5.69 Å². The van der Waals surface area contributed by atoms with E-state index in [4.69, 9.17) is 9.47 Å². The molecule has 1 aliphatic rings. The minimum absolute atomic E-state index is 0.0136. The van der Waals surface area contributed by atoms with Gasteiger partial charge in [-0.3, -0.25) is 14.9 Å². The van der Waals surface area contributed by atoms with Crippen LogP contribution < -0.4 is 14.9 Å². The second-order valence-corrected chi connectivity index (χ2v) is 6.18. The van der Waals surface area contributed by atoms with Gasteiger partial charge in [-0.05, 0) is 36.4 Å². The number of hydrogen-bond acceptors (Lipinski definition) is 6. The molecule has 0 spiro atoms. The summed E-state index contributed by atoms with van der Waals surface area (Å²) in [5.74, 6) is 0.681. The van der Waals surface area contributed by atoms with Crippen molar-refractivity contribution in [2.75, 3.05) is 6.61 Å². The minimum atomic E-state index is -0.802. The van der Waals surface area contributed by atoms with Gasteiger partial charge in [-0.2, -0.15) is 5.10 Å². The third kappa shape index (κ3) is 3.93. The Kier molecular flexibility index (Phi) is 4.93. The average molecular weight is 392 g/mol. The Hall–Kier alpha value is -4.14. The zero-order chi connectivity index (χ0) is 20.2. The summed E-state index contributed by atoms with van der Waals surface area (Å²) in [6, 6.07) is 16.9. The SMILES string of the molecule is O=C(N/N=C\c1cccn1-c1ccc([N+](=O)[O-])cc1)[C@H]1COc2ccccc2O1. The van der Waals surface area contributed by atoms with Crippen LogP contribution in [0.5, 0.6) is 11.5 Å². The van der Waals surface area contributed by atoms with Gasteiger partial charge in [0.25, 0.3) is 11.6 Å². The third-order valence-corrected chi connectivity index (χ3v) is 4.29. The van der Waals surface area contributed by atoms with E-state index in [0.29, 0.717) is 17.2 Å². The van der Waals surface area contributed by atoms with Crippen molar-refractivity contribution in [2.45, 2.75) is 6.10 Å². The summed E-state index contributed by atoms with van der Waals surface area (Å²) in [6.45, 7) is 0.0948. The van der Waals surface area contributed by atoms with Crippen molar-refractivity contribution in [2.24, 2.45) is 5.10 Å². The molecule has 0 unspecified atom stereocenters. The lowest BCUT2D eigenvalue weighted by molar-refractivity contribution is -0.384. The highest BCUT2D eigenvalue weighted by Gasteiger charge is 2.27. The Morgan fingerprint density at radius 1 is 1.14 bits per heavy atom. The lowest BCUT2D eigenvalue weighted by Gasteiger charge is -2.24. The van der Waals surface area contributed by atoms with E-state index >= 15 is 0 Å². The number of aromatic nitrogens is 1. The molecule has 9 heteroatoms. The number of nitro benzene ring substituents is 1. The number of nitrogens with one attached hydrogen (secondary N) is 1. The molecule has 1 amide bonds. The van der Waals surface area contributed by atoms with E-state index < -0.39 is 16.9 Å². The highest BCUT2D eigenvalue weighted by atomic mass is 16.6. The molecule has 0 fully saturated rings. The Morgan fingerprint density at radius 3 is 2.66 bits per heavy atom. The number of ether oxygens (including phenoxy) is 2. The van der Waals surface area contributed by atoms with E-state index in [2.05, 4.69) is 10.5 Å². The molecule has 0 saturated carbocycles. The third-order valence-electron chi connectivity index (χ3n) is 4.29. The zero-order valence-electron chi connectivity index (χ0n) is 15.1. The molecule has 1 aromatic heterocycles. The van der Waals surface area contributed by atoms with Crippen molar-refractivity contribution in [1.82, 2.24) is 9.99 Å². The van der Waals surface area contributed by atoms with Crippen LogP contribution in [0.4, 0.5) is 5.69 Å². The van der Waals surface area contributed by atoms with Gasteiger partial charge in [0.2, 0.25) is 6.10 Å². The standard InChI is InChI=1S/C20H16N4O5/c25-20(19-13-28-17-5-1-2-6-18(17)29-19)22-21-12-16-4-3-11-23(16)14-7-9-15(10-8-14)24(26)27/h1-12,19H,13H2,(H,22,25)/b21-12-/t19-/m1/s1. The number of hydrogen-bond donors (Lipinski definition) is 1. The first kappa shape index (κ1) is 18.2. The number of non-ortho nitro benzene ring substituents is 1. The van der Waals surface area contributed by atoms with E-state index in [1.807, 2.05) is 6.07 Å². The predicted octanol–water partition coefficient (Wildman–Crippen LogP) is 2.68. The maximum Gasteiger partial charge on any atom is 0.284 e. The van der Waals surface area contributed by atoms with E-state index in [9.17, 15) is 14.9 Å². The summed E-state index contributed by atoms with van der Waals surface area (Å²) in [4.78, 5) is 22.6. The highest BCUT2D eigenvalue weighted by Crippen LogP contribution is 2.30. The number of amides is 1. The van der Waals surface area contributed by atoms with Crippen LogP contribution in [0.15, 0.2) is 72.0 Å². The van der Waals surface area contributed by atoms with Crippen molar-refractivity contribution in [3.05, 3.63) is 82.7 Å². The lowest BCUT2D eigenvalue weighted by atomic mass is 10.2. The van der Waals surface area contributed by atoms with Crippen LogP contribution in [0.3, 0.4) is 0 Å². The molecule has 1 N–H and O–H groups in total. The Bertz CT molecular complexity index is 1070. The molecule has 9 nitrogen and oxygen atoms in total. The largest absolute Gasteiger partial charge is 0.485 e.